The third-order valence-corrected chi connectivity index (χ3v) is 4.76. The van der Waals surface area contributed by atoms with Crippen LogP contribution in [0.1, 0.15) is 25.3 Å². The predicted molar refractivity (Wildman–Crippen MR) is 89.4 cm³/mol. The second kappa shape index (κ2) is 7.58. The number of nitrogens with zero attached hydrogens (tertiary/aromatic N) is 2. The van der Waals surface area contributed by atoms with Crippen molar-refractivity contribution in [3.05, 3.63) is 35.9 Å². The Bertz CT molecular complexity index is 425. The summed E-state index contributed by atoms with van der Waals surface area (Å²) >= 11 is 1.99. The van der Waals surface area contributed by atoms with E-state index in [1.54, 1.807) is 0 Å². The summed E-state index contributed by atoms with van der Waals surface area (Å²) in [7, 11) is 0. The highest BCUT2D eigenvalue weighted by Gasteiger charge is 2.17. The third kappa shape index (κ3) is 4.17. The predicted octanol–water partition coefficient (Wildman–Crippen LogP) is 2.79. The Morgan fingerprint density at radius 1 is 1.25 bits per heavy atom. The van der Waals surface area contributed by atoms with Gasteiger partial charge in [0.2, 0.25) is 0 Å². The van der Waals surface area contributed by atoms with E-state index in [1.165, 1.54) is 5.56 Å². The summed E-state index contributed by atoms with van der Waals surface area (Å²) in [6.07, 6.45) is 0. The van der Waals surface area contributed by atoms with Gasteiger partial charge in [0.15, 0.2) is 5.96 Å². The fraction of sp³-hybridized carbons (Fsp3) is 0.562. The Balaban J connectivity index is 2.01. The first kappa shape index (κ1) is 15.2. The van der Waals surface area contributed by atoms with Crippen molar-refractivity contribution < 1.29 is 0 Å². The Labute approximate surface area is 126 Å². The monoisotopic (exact) mass is 291 g/mol. The van der Waals surface area contributed by atoms with E-state index in [-0.39, 0.29) is 0 Å². The van der Waals surface area contributed by atoms with Crippen LogP contribution in [-0.2, 0) is 0 Å². The molecule has 0 aliphatic carbocycles. The number of nitrogens with two attached hydrogens (primary N) is 1. The molecule has 0 bridgehead atoms. The van der Waals surface area contributed by atoms with Crippen LogP contribution < -0.4 is 5.73 Å². The van der Waals surface area contributed by atoms with Gasteiger partial charge in [0.1, 0.15) is 0 Å². The molecule has 1 aromatic carbocycles. The minimum Gasteiger partial charge on any atom is -0.370 e. The van der Waals surface area contributed by atoms with Crippen molar-refractivity contribution in [1.82, 2.24) is 4.90 Å². The van der Waals surface area contributed by atoms with Crippen LogP contribution in [0.2, 0.25) is 0 Å². The molecule has 0 radical (unpaired) electrons. The third-order valence-electron chi connectivity index (χ3n) is 3.82. The molecule has 0 amide bonds. The van der Waals surface area contributed by atoms with Crippen LogP contribution in [0.4, 0.5) is 0 Å². The first-order valence-electron chi connectivity index (χ1n) is 7.36. The molecule has 2 N–H and O–H groups in total. The van der Waals surface area contributed by atoms with Crippen molar-refractivity contribution >= 4 is 17.7 Å². The van der Waals surface area contributed by atoms with Crippen molar-refractivity contribution in [2.45, 2.75) is 19.8 Å². The number of aliphatic imine (C=N–C) groups is 1. The van der Waals surface area contributed by atoms with Gasteiger partial charge in [0.05, 0.1) is 0 Å². The van der Waals surface area contributed by atoms with Gasteiger partial charge in [-0.25, -0.2) is 0 Å². The maximum absolute atomic E-state index is 6.14. The van der Waals surface area contributed by atoms with Gasteiger partial charge in [-0.15, -0.1) is 0 Å². The minimum absolute atomic E-state index is 0.439. The second-order valence-electron chi connectivity index (χ2n) is 5.56. The largest absolute Gasteiger partial charge is 0.370 e. The lowest BCUT2D eigenvalue weighted by Crippen LogP contribution is -2.42. The standard InChI is InChI=1S/C16H25N3S/c1-13(2)15(14-6-4-3-5-7-14)12-18-16(17)19-8-10-20-11-9-19/h3-7,13,15H,8-12H2,1-2H3,(H2,17,18). The van der Waals surface area contributed by atoms with Crippen LogP contribution in [0.15, 0.2) is 35.3 Å². The van der Waals surface area contributed by atoms with Gasteiger partial charge in [0.25, 0.3) is 0 Å². The van der Waals surface area contributed by atoms with Crippen LogP contribution in [-0.4, -0.2) is 42.0 Å². The van der Waals surface area contributed by atoms with Crippen molar-refractivity contribution in [3.63, 3.8) is 0 Å². The Kier molecular flexibility index (Phi) is 5.77. The Morgan fingerprint density at radius 3 is 2.50 bits per heavy atom. The molecule has 3 nitrogen and oxygen atoms in total. The zero-order chi connectivity index (χ0) is 14.4. The average Bonchev–Trinajstić information content (AvgIpc) is 2.49. The van der Waals surface area contributed by atoms with E-state index < -0.39 is 0 Å². The molecular weight excluding hydrogens is 266 g/mol. The molecule has 1 atom stereocenters. The molecule has 4 heteroatoms. The van der Waals surface area contributed by atoms with Gasteiger partial charge in [-0.3, -0.25) is 4.99 Å². The molecule has 1 aromatic rings. The summed E-state index contributed by atoms with van der Waals surface area (Å²) in [5.41, 5.74) is 7.50. The van der Waals surface area contributed by atoms with E-state index in [4.69, 9.17) is 5.73 Å². The molecule has 2 rings (SSSR count). The van der Waals surface area contributed by atoms with Crippen molar-refractivity contribution in [1.29, 1.82) is 0 Å². The lowest BCUT2D eigenvalue weighted by Gasteiger charge is -2.28. The SMILES string of the molecule is CC(C)C(CN=C(N)N1CCSCC1)c1ccccc1. The number of thioether (sulfide) groups is 1. The average molecular weight is 291 g/mol. The van der Waals surface area contributed by atoms with Crippen LogP contribution in [0.3, 0.4) is 0 Å². The van der Waals surface area contributed by atoms with Crippen molar-refractivity contribution in [2.75, 3.05) is 31.1 Å². The summed E-state index contributed by atoms with van der Waals surface area (Å²) in [5.74, 6) is 4.03. The van der Waals surface area contributed by atoms with E-state index in [2.05, 4.69) is 54.1 Å². The molecule has 1 saturated heterocycles. The first-order chi connectivity index (χ1) is 9.68. The highest BCUT2D eigenvalue weighted by molar-refractivity contribution is 7.99. The number of guanidine groups is 1. The summed E-state index contributed by atoms with van der Waals surface area (Å²) in [5, 5.41) is 0. The van der Waals surface area contributed by atoms with E-state index >= 15 is 0 Å². The molecule has 1 unspecified atom stereocenters. The van der Waals surface area contributed by atoms with E-state index in [9.17, 15) is 0 Å². The zero-order valence-corrected chi connectivity index (χ0v) is 13.3. The number of hydrogen-bond donors (Lipinski definition) is 1. The van der Waals surface area contributed by atoms with Gasteiger partial charge >= 0.3 is 0 Å². The minimum atomic E-state index is 0.439. The summed E-state index contributed by atoms with van der Waals surface area (Å²) in [4.78, 5) is 6.86. The maximum atomic E-state index is 6.14. The number of rotatable bonds is 4. The summed E-state index contributed by atoms with van der Waals surface area (Å²) in [6.45, 7) is 7.33. The molecule has 1 aliphatic rings. The van der Waals surface area contributed by atoms with Gasteiger partial charge in [-0.1, -0.05) is 44.2 Å². The van der Waals surface area contributed by atoms with Gasteiger partial charge in [0, 0.05) is 37.1 Å². The maximum Gasteiger partial charge on any atom is 0.191 e. The first-order valence-corrected chi connectivity index (χ1v) is 8.51. The second-order valence-corrected chi connectivity index (χ2v) is 6.78. The fourth-order valence-corrected chi connectivity index (χ4v) is 3.39. The number of benzene rings is 1. The highest BCUT2D eigenvalue weighted by Crippen LogP contribution is 2.24. The normalized spacial score (nSPS) is 18.4. The zero-order valence-electron chi connectivity index (χ0n) is 12.5. The lowest BCUT2D eigenvalue weighted by molar-refractivity contribution is 0.449. The van der Waals surface area contributed by atoms with Crippen LogP contribution in [0.25, 0.3) is 0 Å². The topological polar surface area (TPSA) is 41.6 Å². The Hall–Kier alpha value is -1.16. The molecule has 110 valence electrons. The lowest BCUT2D eigenvalue weighted by atomic mass is 9.88. The van der Waals surface area contributed by atoms with E-state index in [0.29, 0.717) is 17.8 Å². The molecule has 20 heavy (non-hydrogen) atoms. The van der Waals surface area contributed by atoms with Gasteiger partial charge in [-0.05, 0) is 11.5 Å². The summed E-state index contributed by atoms with van der Waals surface area (Å²) < 4.78 is 0. The molecule has 1 aliphatic heterocycles. The Morgan fingerprint density at radius 2 is 1.90 bits per heavy atom. The van der Waals surface area contributed by atoms with Gasteiger partial charge < -0.3 is 10.6 Å². The number of hydrogen-bond acceptors (Lipinski definition) is 2. The van der Waals surface area contributed by atoms with Crippen LogP contribution >= 0.6 is 11.8 Å². The van der Waals surface area contributed by atoms with Crippen molar-refractivity contribution in [3.8, 4) is 0 Å². The van der Waals surface area contributed by atoms with Crippen LogP contribution in [0, 0.1) is 5.92 Å². The molecule has 0 spiro atoms. The van der Waals surface area contributed by atoms with Crippen LogP contribution in [0.5, 0.6) is 0 Å². The van der Waals surface area contributed by atoms with Crippen molar-refractivity contribution in [2.24, 2.45) is 16.6 Å². The molecular formula is C16H25N3S. The molecule has 1 heterocycles. The molecule has 0 saturated carbocycles. The molecule has 0 aromatic heterocycles. The quantitative estimate of drug-likeness (QED) is 0.685. The smallest absolute Gasteiger partial charge is 0.191 e. The van der Waals surface area contributed by atoms with E-state index in [0.717, 1.165) is 31.1 Å². The summed E-state index contributed by atoms with van der Waals surface area (Å²) in [6, 6.07) is 10.6. The molecule has 1 fully saturated rings. The van der Waals surface area contributed by atoms with Gasteiger partial charge in [-0.2, -0.15) is 11.8 Å². The fourth-order valence-electron chi connectivity index (χ4n) is 2.49. The highest BCUT2D eigenvalue weighted by atomic mass is 32.2. The van der Waals surface area contributed by atoms with E-state index in [1.807, 2.05) is 11.8 Å².